The Labute approximate surface area is 815 Å². The largest absolute Gasteiger partial charge is 0 e. The van der Waals surface area contributed by atoms with Gasteiger partial charge in [-0.1, -0.05) is 0 Å². The summed E-state index contributed by atoms with van der Waals surface area (Å²) in [4.78, 5) is 111. The summed E-state index contributed by atoms with van der Waals surface area (Å²) in [5.74, 6) is 13.0. The van der Waals surface area contributed by atoms with Crippen LogP contribution in [-0.2, 0) is 113 Å². The number of carboxylic acid groups (broad SMARTS) is 1. The fourth-order valence-electron chi connectivity index (χ4n) is 10.4. The average Bonchev–Trinajstić information content (AvgIpc) is 1.68. The van der Waals surface area contributed by atoms with Crippen molar-refractivity contribution in [2.75, 3.05) is 49.8 Å². The van der Waals surface area contributed by atoms with Gasteiger partial charge in [-0.25, -0.2) is 49.8 Å². The number of aryl methyl sites for hydroxylation is 9. The number of nitrogens with one attached hydrogen (secondary N) is 1. The van der Waals surface area contributed by atoms with E-state index in [2.05, 4.69) is 89.7 Å². The fraction of sp³-hybridized carbons (Fsp3) is 0.198. The molecule has 0 unspecified atom stereocenters. The van der Waals surface area contributed by atoms with Crippen molar-refractivity contribution >= 4 is 44.1 Å². The molecule has 0 fully saturated rings. The molecule has 17 aromatic heterocycles. The predicted octanol–water partition coefficient (Wildman–Crippen LogP) is 3.50. The molecule has 0 aromatic carbocycles. The first kappa shape index (κ1) is 117. The first-order chi connectivity index (χ1) is 61.9. The number of carbonyl (C=O) groups excluding carboxylic acids is 3. The predicted molar refractivity (Wildman–Crippen MR) is 482 cm³/mol. The van der Waals surface area contributed by atoms with E-state index in [0.717, 1.165) is 134 Å². The maximum absolute atomic E-state index is 10.2. The molecule has 0 radical (unpaired) electrons. The number of aromatic nitrogens is 27. The van der Waals surface area contributed by atoms with Gasteiger partial charge in [-0.3, -0.25) is 54.1 Å². The molecule has 17 heterocycles. The van der Waals surface area contributed by atoms with Gasteiger partial charge in [0.15, 0.2) is 77.1 Å². The van der Waals surface area contributed by atoms with E-state index in [-0.39, 0.29) is 75.7 Å². The number of imidazole rings is 10. The topological polar surface area (TPSA) is 467 Å². The summed E-state index contributed by atoms with van der Waals surface area (Å²) in [6, 6.07) is 25.3. The Kier molecular flexibility index (Phi) is 56.8. The molecule has 40 nitrogen and oxygen atoms in total. The summed E-state index contributed by atoms with van der Waals surface area (Å²) in [5, 5.41) is 7.42. The van der Waals surface area contributed by atoms with E-state index in [1.807, 2.05) is 227 Å². The zero-order chi connectivity index (χ0) is 93.1. The molecule has 0 saturated carbocycles. The quantitative estimate of drug-likeness (QED) is 0.0867. The number of hydrogen-bond acceptors (Lipinski definition) is 29. The number of carboxylic acids is 1. The van der Waals surface area contributed by atoms with Crippen LogP contribution in [0.1, 0.15) is 17.4 Å². The van der Waals surface area contributed by atoms with E-state index in [0.29, 0.717) is 17.7 Å². The number of ether oxygens (including phenoxy) is 7. The molecule has 47 heteroatoms. The van der Waals surface area contributed by atoms with Crippen LogP contribution in [0.5, 0.6) is 40.2 Å². The average molecular weight is 2280 g/mol. The van der Waals surface area contributed by atoms with Crippen LogP contribution in [-0.4, -0.2) is 211 Å². The number of nitrogens with zero attached hydrogens (tertiary/aromatic N) is 26. The normalized spacial score (nSPS) is 9.38. The molecule has 0 spiro atoms. The minimum Gasteiger partial charge on any atom is 0 e. The van der Waals surface area contributed by atoms with Gasteiger partial charge in [0.2, 0.25) is 0 Å². The SMILES string of the molecule is CC(=O)O.COc1ccnc(-c2ncc[nH]2)c1.COc1ccnc(-c2nccn2C)c1.COc1ccnc(-c2nccn2C)c1.COc1ccnc(-c2nccn2C)c1.COc1ccnc(-c2nccn2C)c1.COc1ccnc(-c2nccn2C)c1.COc1ccnc(C=O)c1.Cn1ccnc1-c1nccn1C.Cn1ccnc1-c1nccn1C.N.O=CC=O.[Cl-].[Cl-].[Cl-].[Cl][Os][Cl].[Os]. The Hall–Kier alpha value is -14.1. The van der Waals surface area contributed by atoms with Crippen LogP contribution in [0.4, 0.5) is 0 Å². The molecule has 710 valence electrons. The third-order valence-corrected chi connectivity index (χ3v) is 16.6. The number of aldehydes is 3. The van der Waals surface area contributed by atoms with Crippen molar-refractivity contribution in [3.05, 3.63) is 258 Å². The maximum atomic E-state index is 10.2. The van der Waals surface area contributed by atoms with Crippen LogP contribution in [0.2, 0.25) is 0 Å². The van der Waals surface area contributed by atoms with Gasteiger partial charge in [-0.05, 0) is 42.5 Å². The van der Waals surface area contributed by atoms with Gasteiger partial charge in [0.25, 0.3) is 5.97 Å². The van der Waals surface area contributed by atoms with Crippen LogP contribution in [0.15, 0.2) is 252 Å². The van der Waals surface area contributed by atoms with Crippen LogP contribution in [0.25, 0.3) is 92.4 Å². The second-order valence-electron chi connectivity index (χ2n) is 25.3. The number of aliphatic carboxylic acids is 1. The molecule has 0 atom stereocenters. The molecule has 0 aliphatic rings. The molecule has 17 aromatic rings. The monoisotopic (exact) mass is 2280 g/mol. The van der Waals surface area contributed by atoms with Crippen LogP contribution >= 0.6 is 19.3 Å². The summed E-state index contributed by atoms with van der Waals surface area (Å²) >= 11 is -0.639. The van der Waals surface area contributed by atoms with E-state index < -0.39 is 21.4 Å². The van der Waals surface area contributed by atoms with Crippen molar-refractivity contribution in [1.82, 2.24) is 137 Å². The molecule has 5 N–H and O–H groups in total. The third kappa shape index (κ3) is 38.9. The Morgan fingerprint density at radius 1 is 0.308 bits per heavy atom. The smallest absolute Gasteiger partial charge is 0 e. The summed E-state index contributed by atoms with van der Waals surface area (Å²) < 4.78 is 52.9. The number of aromatic amines is 1. The molecule has 17 rings (SSSR count). The third-order valence-electron chi connectivity index (χ3n) is 16.6. The van der Waals surface area contributed by atoms with Crippen molar-refractivity contribution in [2.45, 2.75) is 6.92 Å². The molecule has 0 aliphatic heterocycles. The second-order valence-corrected chi connectivity index (χ2v) is 28.9. The van der Waals surface area contributed by atoms with Gasteiger partial charge in [-0.15, -0.1) is 0 Å². The Morgan fingerprint density at radius 2 is 0.489 bits per heavy atom. The first-order valence-electron chi connectivity index (χ1n) is 37.6. The number of hydrogen-bond donors (Lipinski definition) is 3. The van der Waals surface area contributed by atoms with Crippen LogP contribution in [0.3, 0.4) is 0 Å². The van der Waals surface area contributed by atoms with Crippen LogP contribution < -0.4 is 76.5 Å². The van der Waals surface area contributed by atoms with Gasteiger partial charge in [0.1, 0.15) is 80.1 Å². The Bertz CT molecular complexity index is 5450. The summed E-state index contributed by atoms with van der Waals surface area (Å²) in [7, 11) is 38.7. The van der Waals surface area contributed by atoms with Crippen molar-refractivity contribution in [3.63, 3.8) is 0 Å². The van der Waals surface area contributed by atoms with E-state index in [9.17, 15) is 4.79 Å². The Morgan fingerprint density at radius 3 is 0.654 bits per heavy atom. The van der Waals surface area contributed by atoms with E-state index in [1.165, 1.54) is 6.20 Å². The number of rotatable bonds is 17. The van der Waals surface area contributed by atoms with Gasteiger partial charge in [0.05, 0.1) is 49.8 Å². The van der Waals surface area contributed by atoms with Gasteiger partial charge >= 0.3 is 34.7 Å². The minimum atomic E-state index is -0.833. The molecular formula is C86H100Cl5N28O12Os2-3. The number of H-pyrrole nitrogens is 1. The molecule has 133 heavy (non-hydrogen) atoms. The van der Waals surface area contributed by atoms with Gasteiger partial charge < -0.3 is 128 Å². The number of methoxy groups -OCH3 is 7. The van der Waals surface area contributed by atoms with Gasteiger partial charge in [-0.2, -0.15) is 0 Å². The molecule has 0 saturated heterocycles. The summed E-state index contributed by atoms with van der Waals surface area (Å²) in [5.41, 5.74) is 5.25. The molecule has 0 amide bonds. The standard InChI is InChI=1S/5C10H11N3O.C9H9N3O.2C8H10N4.C7H7NO2.C2H4O2.C2H2O2.5ClH.H3N.2Os/c5*1-13-6-5-12-10(13)9-7-8(14-2)3-4-11-9;1-13-7-2-3-10-8(6-7)9-11-4-5-12-9;2*1-11-5-3-9-7(11)8-10-4-6-12(8)2;1-10-7-2-3-8-6(4-7)5-9;1-2(3)4;3-1-2-4;;;;;;;;/h5*3-7H,1-2H3;2-6H,1H3,(H,11,12);2*3-6H,1-2H3;2-5H,1H3;1H3,(H,3,4);1-2H;5*1H;1H3;;/q;;;;;;;;;;;;;;;;;;+2/p-5. The molecular weight excluding hydrogens is 2170 g/mol. The van der Waals surface area contributed by atoms with Crippen molar-refractivity contribution in [2.24, 2.45) is 63.4 Å². The first-order valence-corrected chi connectivity index (χ1v) is 43.9. The fourth-order valence-corrected chi connectivity index (χ4v) is 10.4. The van der Waals surface area contributed by atoms with E-state index in [1.54, 1.807) is 173 Å². The van der Waals surface area contributed by atoms with E-state index in [4.69, 9.17) is 71.9 Å². The van der Waals surface area contributed by atoms with Crippen molar-refractivity contribution in [3.8, 4) is 133 Å². The number of halogens is 5. The molecule has 0 aliphatic carbocycles. The number of pyridine rings is 7. The zero-order valence-corrected chi connectivity index (χ0v) is 84.1. The van der Waals surface area contributed by atoms with Crippen LogP contribution in [0, 0.1) is 0 Å². The van der Waals surface area contributed by atoms with Gasteiger partial charge in [0, 0.05) is 300 Å². The van der Waals surface area contributed by atoms with E-state index >= 15 is 0 Å². The van der Waals surface area contributed by atoms with Crippen molar-refractivity contribution in [1.29, 1.82) is 0 Å². The minimum absolute atomic E-state index is 0. The zero-order valence-electron chi connectivity index (χ0n) is 75.3. The van der Waals surface area contributed by atoms with Crippen molar-refractivity contribution < 1.29 is 130 Å². The number of carbonyl (C=O) groups is 4. The Balaban J connectivity index is 0.000000735. The molecule has 0 bridgehead atoms. The summed E-state index contributed by atoms with van der Waals surface area (Å²) in [6.45, 7) is 1.08. The maximum Gasteiger partial charge on any atom is 0 e. The summed E-state index contributed by atoms with van der Waals surface area (Å²) in [6.07, 6.45) is 49.2. The second kappa shape index (κ2) is 64.6.